The molecule has 1 unspecified atom stereocenters. The fourth-order valence-electron chi connectivity index (χ4n) is 3.49. The van der Waals surface area contributed by atoms with E-state index in [4.69, 9.17) is 8.92 Å². The van der Waals surface area contributed by atoms with Crippen LogP contribution in [0.2, 0.25) is 0 Å². The van der Waals surface area contributed by atoms with Crippen molar-refractivity contribution in [1.29, 1.82) is 0 Å². The zero-order chi connectivity index (χ0) is 26.8. The first-order valence-electron chi connectivity index (χ1n) is 11.6. The molecule has 3 rings (SSSR count). The van der Waals surface area contributed by atoms with Crippen LogP contribution < -0.4 is 9.50 Å². The van der Waals surface area contributed by atoms with Crippen LogP contribution in [-0.2, 0) is 32.5 Å². The molecule has 0 aliphatic rings. The number of allylic oxidation sites excluding steroid dienone is 1. The minimum atomic E-state index is -3.55. The third kappa shape index (κ3) is 9.21. The smallest absolute Gasteiger partial charge is 0.333 e. The predicted octanol–water partition coefficient (Wildman–Crippen LogP) is 4.57. The zero-order valence-electron chi connectivity index (χ0n) is 20.6. The Balaban J connectivity index is 1.51. The highest BCUT2D eigenvalue weighted by Gasteiger charge is 2.18. The highest BCUT2D eigenvalue weighted by atomic mass is 32.2. The topological polar surface area (TPSA) is 119 Å². The Bertz CT molecular complexity index is 1330. The van der Waals surface area contributed by atoms with Crippen molar-refractivity contribution >= 4 is 33.8 Å². The summed E-state index contributed by atoms with van der Waals surface area (Å²) in [5.41, 5.74) is 3.86. The first-order chi connectivity index (χ1) is 17.6. The van der Waals surface area contributed by atoms with Gasteiger partial charge < -0.3 is 19.3 Å². The van der Waals surface area contributed by atoms with E-state index < -0.39 is 22.2 Å². The molecule has 8 nitrogen and oxygen atoms in total. The molecule has 3 aromatic rings. The molecule has 0 radical (unpaired) electrons. The number of nitrogens with one attached hydrogen (secondary N) is 1. The largest absolute Gasteiger partial charge is 0.479 e. The molecule has 1 amide bonds. The van der Waals surface area contributed by atoms with E-state index in [1.54, 1.807) is 55.5 Å². The number of aliphatic carboxylic acids is 1. The number of benzene rings is 3. The molecule has 9 heteroatoms. The maximum Gasteiger partial charge on any atom is 0.333 e. The van der Waals surface area contributed by atoms with Gasteiger partial charge in [0.05, 0.1) is 6.26 Å². The molecule has 194 valence electrons. The van der Waals surface area contributed by atoms with Crippen molar-refractivity contribution in [2.24, 2.45) is 0 Å². The number of carboxylic acids is 1. The molecule has 0 aromatic heterocycles. The summed E-state index contributed by atoms with van der Waals surface area (Å²) in [4.78, 5) is 23.8. The highest BCUT2D eigenvalue weighted by Crippen LogP contribution is 2.17. The Morgan fingerprint density at radius 2 is 1.57 bits per heavy atom. The monoisotopic (exact) mass is 523 g/mol. The third-order valence-electron chi connectivity index (χ3n) is 5.28. The number of amides is 1. The van der Waals surface area contributed by atoms with E-state index >= 15 is 0 Å². The van der Waals surface area contributed by atoms with Gasteiger partial charge in [-0.1, -0.05) is 48.6 Å². The predicted molar refractivity (Wildman–Crippen MR) is 142 cm³/mol. The number of anilines is 1. The average molecular weight is 524 g/mol. The lowest BCUT2D eigenvalue weighted by molar-refractivity contribution is -0.149. The van der Waals surface area contributed by atoms with Gasteiger partial charge in [-0.25, -0.2) is 4.79 Å². The van der Waals surface area contributed by atoms with Crippen LogP contribution >= 0.6 is 0 Å². The van der Waals surface area contributed by atoms with E-state index in [-0.39, 0.29) is 18.1 Å². The number of rotatable bonds is 12. The van der Waals surface area contributed by atoms with Gasteiger partial charge in [0, 0.05) is 24.3 Å². The van der Waals surface area contributed by atoms with E-state index in [0.717, 1.165) is 22.9 Å². The van der Waals surface area contributed by atoms with Crippen LogP contribution in [-0.4, -0.2) is 44.4 Å². The summed E-state index contributed by atoms with van der Waals surface area (Å²) in [6.07, 6.45) is 4.90. The second-order valence-corrected chi connectivity index (χ2v) is 9.87. The van der Waals surface area contributed by atoms with Crippen molar-refractivity contribution in [1.82, 2.24) is 0 Å². The van der Waals surface area contributed by atoms with Crippen molar-refractivity contribution in [3.8, 4) is 5.75 Å². The van der Waals surface area contributed by atoms with E-state index in [1.165, 1.54) is 0 Å². The Morgan fingerprint density at radius 1 is 0.946 bits per heavy atom. The molecule has 0 fully saturated rings. The molecular formula is C28H29NO7S. The Labute approximate surface area is 216 Å². The van der Waals surface area contributed by atoms with Gasteiger partial charge in [-0.15, -0.1) is 0 Å². The summed E-state index contributed by atoms with van der Waals surface area (Å²) < 4.78 is 32.4. The van der Waals surface area contributed by atoms with Crippen LogP contribution in [0, 0.1) is 0 Å². The maximum absolute atomic E-state index is 12.6. The second kappa shape index (κ2) is 12.8. The lowest BCUT2D eigenvalue weighted by Gasteiger charge is -2.12. The molecule has 0 saturated carbocycles. The van der Waals surface area contributed by atoms with E-state index in [0.29, 0.717) is 24.3 Å². The summed E-state index contributed by atoms with van der Waals surface area (Å²) in [5.74, 6) is -1.01. The number of carboxylic acid groups (broad SMARTS) is 1. The standard InChI is InChI=1S/C28H29NO7S/c1-3-35-26(28(31)32)19-22-7-13-23(14-8-22)27(30)29-24-15-9-20(10-16-24)5-4-6-21-11-17-25(18-12-21)36-37(2,33)34/h4,6-18,26H,3,5,19H2,1-2H3,(H,29,30)(H,31,32)/b6-4+. The second-order valence-electron chi connectivity index (χ2n) is 8.30. The average Bonchev–Trinajstić information content (AvgIpc) is 2.85. The van der Waals surface area contributed by atoms with Gasteiger partial charge in [0.1, 0.15) is 5.75 Å². The van der Waals surface area contributed by atoms with Crippen LogP contribution in [0.1, 0.15) is 34.0 Å². The molecule has 0 spiro atoms. The lowest BCUT2D eigenvalue weighted by atomic mass is 10.1. The number of ether oxygens (including phenoxy) is 1. The lowest BCUT2D eigenvalue weighted by Crippen LogP contribution is -2.26. The van der Waals surface area contributed by atoms with Gasteiger partial charge >= 0.3 is 16.1 Å². The van der Waals surface area contributed by atoms with Crippen LogP contribution in [0.15, 0.2) is 78.9 Å². The van der Waals surface area contributed by atoms with Crippen molar-refractivity contribution in [3.63, 3.8) is 0 Å². The quantitative estimate of drug-likeness (QED) is 0.334. The molecule has 0 aliphatic carbocycles. The summed E-state index contributed by atoms with van der Waals surface area (Å²) in [7, 11) is -3.55. The first kappa shape index (κ1) is 27.6. The van der Waals surface area contributed by atoms with Gasteiger partial charge in [0.15, 0.2) is 6.10 Å². The normalized spacial score (nSPS) is 12.3. The Kier molecular flexibility index (Phi) is 9.59. The SMILES string of the molecule is CCOC(Cc1ccc(C(=O)Nc2ccc(C/C=C/c3ccc(OS(C)(=O)=O)cc3)cc2)cc1)C(=O)O. The van der Waals surface area contributed by atoms with Gasteiger partial charge in [0.25, 0.3) is 5.91 Å². The summed E-state index contributed by atoms with van der Waals surface area (Å²) in [6.45, 7) is 2.06. The molecule has 2 N–H and O–H groups in total. The van der Waals surface area contributed by atoms with Crippen LogP contribution in [0.3, 0.4) is 0 Å². The van der Waals surface area contributed by atoms with Gasteiger partial charge in [0.2, 0.25) is 0 Å². The zero-order valence-corrected chi connectivity index (χ0v) is 21.4. The van der Waals surface area contributed by atoms with E-state index in [1.807, 2.05) is 36.4 Å². The molecular weight excluding hydrogens is 494 g/mol. The van der Waals surface area contributed by atoms with E-state index in [2.05, 4.69) is 5.32 Å². The summed E-state index contributed by atoms with van der Waals surface area (Å²) >= 11 is 0. The molecule has 1 atom stereocenters. The van der Waals surface area contributed by atoms with Crippen molar-refractivity contribution in [3.05, 3.63) is 101 Å². The van der Waals surface area contributed by atoms with Crippen molar-refractivity contribution in [2.45, 2.75) is 25.9 Å². The Hall–Kier alpha value is -3.95. The fourth-order valence-corrected chi connectivity index (χ4v) is 3.95. The highest BCUT2D eigenvalue weighted by molar-refractivity contribution is 7.86. The van der Waals surface area contributed by atoms with Crippen LogP contribution in [0.5, 0.6) is 5.75 Å². The number of hydrogen-bond acceptors (Lipinski definition) is 6. The minimum absolute atomic E-state index is 0.226. The van der Waals surface area contributed by atoms with Gasteiger partial charge in [-0.05, 0) is 66.4 Å². The Morgan fingerprint density at radius 3 is 2.14 bits per heavy atom. The molecule has 0 saturated heterocycles. The van der Waals surface area contributed by atoms with Crippen LogP contribution in [0.4, 0.5) is 5.69 Å². The fraction of sp³-hybridized carbons (Fsp3) is 0.214. The van der Waals surface area contributed by atoms with Crippen molar-refractivity contribution in [2.75, 3.05) is 18.2 Å². The molecule has 0 aliphatic heterocycles. The number of carbonyl (C=O) groups excluding carboxylic acids is 1. The maximum atomic E-state index is 12.6. The summed E-state index contributed by atoms with van der Waals surface area (Å²) in [6, 6.07) is 21.0. The molecule has 37 heavy (non-hydrogen) atoms. The molecule has 0 bridgehead atoms. The van der Waals surface area contributed by atoms with Gasteiger partial charge in [-0.3, -0.25) is 4.79 Å². The van der Waals surface area contributed by atoms with Crippen molar-refractivity contribution < 1.29 is 32.0 Å². The molecule has 3 aromatic carbocycles. The number of hydrogen-bond donors (Lipinski definition) is 2. The minimum Gasteiger partial charge on any atom is -0.479 e. The first-order valence-corrected chi connectivity index (χ1v) is 13.4. The summed E-state index contributed by atoms with van der Waals surface area (Å²) in [5, 5.41) is 12.1. The third-order valence-corrected chi connectivity index (χ3v) is 5.78. The number of carbonyl (C=O) groups is 2. The van der Waals surface area contributed by atoms with Gasteiger partial charge in [-0.2, -0.15) is 8.42 Å². The van der Waals surface area contributed by atoms with E-state index in [9.17, 15) is 23.1 Å². The molecule has 0 heterocycles. The van der Waals surface area contributed by atoms with Crippen LogP contribution in [0.25, 0.3) is 6.08 Å².